The molecule has 0 saturated carbocycles. The molecule has 0 aliphatic rings. The van der Waals surface area contributed by atoms with Crippen LogP contribution in [-0.4, -0.2) is 21.0 Å². The van der Waals surface area contributed by atoms with Crippen LogP contribution in [0.2, 0.25) is 0 Å². The maximum atomic E-state index is 9.47. The Labute approximate surface area is 73.0 Å². The van der Waals surface area contributed by atoms with Crippen LogP contribution in [0.25, 0.3) is 0 Å². The minimum absolute atomic E-state index is 0.209. The van der Waals surface area contributed by atoms with Crippen molar-refractivity contribution in [3.05, 3.63) is 18.0 Å². The summed E-state index contributed by atoms with van der Waals surface area (Å²) in [4.78, 5) is 0. The van der Waals surface area contributed by atoms with E-state index in [1.165, 1.54) is 0 Å². The van der Waals surface area contributed by atoms with E-state index < -0.39 is 0 Å². The van der Waals surface area contributed by atoms with Gasteiger partial charge in [-0.2, -0.15) is 5.10 Å². The van der Waals surface area contributed by atoms with Crippen molar-refractivity contribution >= 4 is 0 Å². The first kappa shape index (κ1) is 9.26. The molecule has 12 heavy (non-hydrogen) atoms. The smallest absolute Gasteiger partial charge is 0.0581 e. The van der Waals surface area contributed by atoms with E-state index in [-0.39, 0.29) is 6.10 Å². The average Bonchev–Trinajstić information content (AvgIpc) is 2.36. The van der Waals surface area contributed by atoms with Gasteiger partial charge in [0.1, 0.15) is 0 Å². The van der Waals surface area contributed by atoms with E-state index in [1.54, 1.807) is 10.9 Å². The third-order valence-electron chi connectivity index (χ3n) is 1.85. The number of rotatable bonds is 4. The first-order chi connectivity index (χ1) is 5.72. The van der Waals surface area contributed by atoms with Crippen LogP contribution in [0.4, 0.5) is 0 Å². The van der Waals surface area contributed by atoms with Crippen molar-refractivity contribution in [1.82, 2.24) is 9.78 Å². The van der Waals surface area contributed by atoms with E-state index in [4.69, 9.17) is 0 Å². The molecule has 3 nitrogen and oxygen atoms in total. The van der Waals surface area contributed by atoms with Crippen LogP contribution in [-0.2, 0) is 13.5 Å². The van der Waals surface area contributed by atoms with E-state index >= 15 is 0 Å². The maximum absolute atomic E-state index is 9.47. The molecule has 0 amide bonds. The lowest BCUT2D eigenvalue weighted by Gasteiger charge is -2.05. The zero-order chi connectivity index (χ0) is 8.97. The second-order valence-corrected chi connectivity index (χ2v) is 3.17. The average molecular weight is 168 g/mol. The summed E-state index contributed by atoms with van der Waals surface area (Å²) >= 11 is 0. The maximum Gasteiger partial charge on any atom is 0.0581 e. The second-order valence-electron chi connectivity index (χ2n) is 3.17. The van der Waals surface area contributed by atoms with Gasteiger partial charge in [-0.1, -0.05) is 13.3 Å². The molecule has 0 spiro atoms. The van der Waals surface area contributed by atoms with Gasteiger partial charge in [0.2, 0.25) is 0 Å². The Kier molecular flexibility index (Phi) is 3.29. The topological polar surface area (TPSA) is 38.1 Å². The van der Waals surface area contributed by atoms with Crippen molar-refractivity contribution < 1.29 is 5.11 Å². The quantitative estimate of drug-likeness (QED) is 0.731. The Bertz CT molecular complexity index is 232. The summed E-state index contributed by atoms with van der Waals surface area (Å²) in [5.41, 5.74) is 1.11. The number of hydrogen-bond donors (Lipinski definition) is 1. The Hall–Kier alpha value is -0.830. The highest BCUT2D eigenvalue weighted by atomic mass is 16.3. The van der Waals surface area contributed by atoms with Gasteiger partial charge in [-0.05, 0) is 12.0 Å². The monoisotopic (exact) mass is 168 g/mol. The van der Waals surface area contributed by atoms with Gasteiger partial charge in [-0.3, -0.25) is 4.68 Å². The molecule has 1 heterocycles. The van der Waals surface area contributed by atoms with E-state index in [1.807, 2.05) is 13.2 Å². The van der Waals surface area contributed by atoms with E-state index in [0.29, 0.717) is 0 Å². The standard InChI is InChI=1S/C9H16N2O/c1-3-4-9(12)5-8-6-10-11(2)7-8/h6-7,9,12H,3-5H2,1-2H3. The largest absolute Gasteiger partial charge is 0.393 e. The van der Waals surface area contributed by atoms with Crippen molar-refractivity contribution in [2.24, 2.45) is 7.05 Å². The molecule has 1 aromatic heterocycles. The lowest BCUT2D eigenvalue weighted by molar-refractivity contribution is 0.164. The van der Waals surface area contributed by atoms with E-state index in [2.05, 4.69) is 12.0 Å². The zero-order valence-electron chi connectivity index (χ0n) is 7.70. The molecule has 1 unspecified atom stereocenters. The number of aromatic nitrogens is 2. The van der Waals surface area contributed by atoms with Gasteiger partial charge < -0.3 is 5.11 Å². The molecule has 1 atom stereocenters. The third-order valence-corrected chi connectivity index (χ3v) is 1.85. The van der Waals surface area contributed by atoms with Crippen LogP contribution in [0.3, 0.4) is 0 Å². The minimum Gasteiger partial charge on any atom is -0.393 e. The number of hydrogen-bond acceptors (Lipinski definition) is 2. The highest BCUT2D eigenvalue weighted by Crippen LogP contribution is 2.05. The number of aryl methyl sites for hydroxylation is 1. The molecule has 0 fully saturated rings. The molecule has 0 aliphatic heterocycles. The molecule has 0 aromatic carbocycles. The number of nitrogens with zero attached hydrogens (tertiary/aromatic N) is 2. The summed E-state index contributed by atoms with van der Waals surface area (Å²) in [5, 5.41) is 13.5. The fourth-order valence-corrected chi connectivity index (χ4v) is 1.28. The third kappa shape index (κ3) is 2.66. The van der Waals surface area contributed by atoms with Crippen LogP contribution in [0.1, 0.15) is 25.3 Å². The summed E-state index contributed by atoms with van der Waals surface area (Å²) in [5.74, 6) is 0. The van der Waals surface area contributed by atoms with Crippen molar-refractivity contribution in [1.29, 1.82) is 0 Å². The van der Waals surface area contributed by atoms with Gasteiger partial charge in [-0.25, -0.2) is 0 Å². The normalized spacial score (nSPS) is 13.2. The fraction of sp³-hybridized carbons (Fsp3) is 0.667. The molecule has 0 saturated heterocycles. The predicted octanol–water partition coefficient (Wildman–Crippen LogP) is 1.12. The van der Waals surface area contributed by atoms with Crippen LogP contribution < -0.4 is 0 Å². The zero-order valence-corrected chi connectivity index (χ0v) is 7.70. The van der Waals surface area contributed by atoms with Crippen molar-refractivity contribution in [3.63, 3.8) is 0 Å². The fourth-order valence-electron chi connectivity index (χ4n) is 1.28. The second kappa shape index (κ2) is 4.26. The van der Waals surface area contributed by atoms with Crippen LogP contribution in [0.5, 0.6) is 0 Å². The molecular weight excluding hydrogens is 152 g/mol. The molecule has 0 aliphatic carbocycles. The molecule has 3 heteroatoms. The van der Waals surface area contributed by atoms with Gasteiger partial charge in [0.15, 0.2) is 0 Å². The summed E-state index contributed by atoms with van der Waals surface area (Å²) < 4.78 is 1.76. The number of aliphatic hydroxyl groups is 1. The summed E-state index contributed by atoms with van der Waals surface area (Å²) in [6.45, 7) is 2.08. The van der Waals surface area contributed by atoms with Gasteiger partial charge in [-0.15, -0.1) is 0 Å². The molecule has 1 rings (SSSR count). The van der Waals surface area contributed by atoms with Crippen LogP contribution in [0.15, 0.2) is 12.4 Å². The van der Waals surface area contributed by atoms with E-state index in [0.717, 1.165) is 24.8 Å². The summed E-state index contributed by atoms with van der Waals surface area (Å²) in [6.07, 6.45) is 6.16. The lowest BCUT2D eigenvalue weighted by Crippen LogP contribution is -2.08. The summed E-state index contributed by atoms with van der Waals surface area (Å²) in [6, 6.07) is 0. The molecule has 0 radical (unpaired) electrons. The first-order valence-corrected chi connectivity index (χ1v) is 4.38. The first-order valence-electron chi connectivity index (χ1n) is 4.38. The molecule has 1 aromatic rings. The summed E-state index contributed by atoms with van der Waals surface area (Å²) in [7, 11) is 1.88. The Morgan fingerprint density at radius 2 is 2.42 bits per heavy atom. The van der Waals surface area contributed by atoms with Crippen molar-refractivity contribution in [3.8, 4) is 0 Å². The van der Waals surface area contributed by atoms with Gasteiger partial charge in [0.05, 0.1) is 12.3 Å². The Morgan fingerprint density at radius 1 is 1.67 bits per heavy atom. The SMILES string of the molecule is CCCC(O)Cc1cnn(C)c1. The van der Waals surface area contributed by atoms with Gasteiger partial charge in [0, 0.05) is 19.7 Å². The van der Waals surface area contributed by atoms with Gasteiger partial charge in [0.25, 0.3) is 0 Å². The van der Waals surface area contributed by atoms with Crippen molar-refractivity contribution in [2.45, 2.75) is 32.3 Å². The highest BCUT2D eigenvalue weighted by Gasteiger charge is 2.04. The van der Waals surface area contributed by atoms with Crippen LogP contribution in [0, 0.1) is 0 Å². The van der Waals surface area contributed by atoms with E-state index in [9.17, 15) is 5.11 Å². The highest BCUT2D eigenvalue weighted by molar-refractivity contribution is 5.04. The minimum atomic E-state index is -0.209. The van der Waals surface area contributed by atoms with Gasteiger partial charge >= 0.3 is 0 Å². The number of aliphatic hydroxyl groups excluding tert-OH is 1. The predicted molar refractivity (Wildman–Crippen MR) is 47.8 cm³/mol. The molecule has 1 N–H and O–H groups in total. The molecule has 68 valence electrons. The lowest BCUT2D eigenvalue weighted by atomic mass is 10.1. The Balaban J connectivity index is 2.41. The van der Waals surface area contributed by atoms with Crippen molar-refractivity contribution in [2.75, 3.05) is 0 Å². The Morgan fingerprint density at radius 3 is 2.92 bits per heavy atom. The molecule has 0 bridgehead atoms. The van der Waals surface area contributed by atoms with Crippen LogP contribution >= 0.6 is 0 Å². The molecular formula is C9H16N2O.